The van der Waals surface area contributed by atoms with Crippen molar-refractivity contribution in [3.8, 4) is 5.75 Å². The zero-order chi connectivity index (χ0) is 23.2. The molecular formula is C21H21F2N5O3S. The van der Waals surface area contributed by atoms with Crippen molar-refractivity contribution in [2.45, 2.75) is 31.8 Å². The van der Waals surface area contributed by atoms with Crippen molar-refractivity contribution < 1.29 is 18.7 Å². The monoisotopic (exact) mass is 461 g/mol. The normalized spacial score (nSPS) is 17.7. The van der Waals surface area contributed by atoms with Gasteiger partial charge in [0.15, 0.2) is 11.4 Å². The molecule has 3 N–H and O–H groups in total. The highest BCUT2D eigenvalue weighted by molar-refractivity contribution is 8.26. The number of hydrogen-bond acceptors (Lipinski definition) is 7. The Balaban J connectivity index is 1.62. The number of aromatic nitrogens is 1. The molecule has 8 nitrogen and oxygen atoms in total. The number of rotatable bonds is 3. The SMILES string of the molecule is CN1C2CCCCN2C(=O)c2c(O)c(=O)c(C(=N)SC(=N)Cc3ccc(F)cc3F)cn21. The first-order valence-electron chi connectivity index (χ1n) is 10.00. The van der Waals surface area contributed by atoms with Crippen LogP contribution in [-0.4, -0.2) is 50.4 Å². The first-order valence-corrected chi connectivity index (χ1v) is 10.8. The molecule has 0 spiro atoms. The zero-order valence-corrected chi connectivity index (χ0v) is 18.0. The van der Waals surface area contributed by atoms with E-state index in [4.69, 9.17) is 10.8 Å². The molecule has 1 aromatic carbocycles. The quantitative estimate of drug-likeness (QED) is 0.480. The van der Waals surface area contributed by atoms with Crippen LogP contribution in [0.5, 0.6) is 5.75 Å². The van der Waals surface area contributed by atoms with Crippen LogP contribution in [0.15, 0.2) is 29.2 Å². The predicted molar refractivity (Wildman–Crippen MR) is 117 cm³/mol. The highest BCUT2D eigenvalue weighted by Crippen LogP contribution is 2.29. The summed E-state index contributed by atoms with van der Waals surface area (Å²) in [7, 11) is 1.74. The van der Waals surface area contributed by atoms with E-state index in [1.807, 2.05) is 0 Å². The minimum atomic E-state index is -0.883. The third-order valence-corrected chi connectivity index (χ3v) is 6.52. The lowest BCUT2D eigenvalue weighted by atomic mass is 10.0. The molecule has 0 saturated carbocycles. The highest BCUT2D eigenvalue weighted by atomic mass is 32.2. The van der Waals surface area contributed by atoms with E-state index >= 15 is 0 Å². The third kappa shape index (κ3) is 3.77. The maximum absolute atomic E-state index is 13.9. The van der Waals surface area contributed by atoms with Gasteiger partial charge in [-0.25, -0.2) is 8.78 Å². The molecule has 3 heterocycles. The first-order chi connectivity index (χ1) is 15.2. The smallest absolute Gasteiger partial charge is 0.278 e. The number of nitrogens with one attached hydrogen (secondary N) is 2. The van der Waals surface area contributed by atoms with Crippen LogP contribution in [0.25, 0.3) is 0 Å². The Labute approximate surface area is 186 Å². The van der Waals surface area contributed by atoms with E-state index in [2.05, 4.69) is 0 Å². The lowest BCUT2D eigenvalue weighted by Gasteiger charge is -2.47. The Hall–Kier alpha value is -3.21. The third-order valence-electron chi connectivity index (χ3n) is 5.71. The Morgan fingerprint density at radius 2 is 2.00 bits per heavy atom. The number of piperidine rings is 1. The number of aromatic hydroxyl groups is 1. The van der Waals surface area contributed by atoms with Gasteiger partial charge >= 0.3 is 0 Å². The van der Waals surface area contributed by atoms with Gasteiger partial charge in [-0.3, -0.25) is 30.1 Å². The molecule has 1 unspecified atom stereocenters. The number of halogens is 2. The summed E-state index contributed by atoms with van der Waals surface area (Å²) < 4.78 is 28.3. The Morgan fingerprint density at radius 1 is 1.25 bits per heavy atom. The van der Waals surface area contributed by atoms with Crippen LogP contribution in [0, 0.1) is 22.5 Å². The second kappa shape index (κ2) is 8.38. The summed E-state index contributed by atoms with van der Waals surface area (Å²) >= 11 is 0.627. The second-order valence-corrected chi connectivity index (χ2v) is 8.83. The number of benzene rings is 1. The van der Waals surface area contributed by atoms with Gasteiger partial charge in [-0.1, -0.05) is 17.8 Å². The van der Waals surface area contributed by atoms with Crippen LogP contribution >= 0.6 is 11.8 Å². The molecule has 0 radical (unpaired) electrons. The average molecular weight is 461 g/mol. The molecule has 32 heavy (non-hydrogen) atoms. The summed E-state index contributed by atoms with van der Waals surface area (Å²) in [6.45, 7) is 0.534. The lowest BCUT2D eigenvalue weighted by Crippen LogP contribution is -2.61. The van der Waals surface area contributed by atoms with E-state index in [-0.39, 0.29) is 39.5 Å². The van der Waals surface area contributed by atoms with E-state index < -0.39 is 28.7 Å². The van der Waals surface area contributed by atoms with Gasteiger partial charge in [0.1, 0.15) is 22.8 Å². The summed E-state index contributed by atoms with van der Waals surface area (Å²) in [5.41, 5.74) is -1.12. The van der Waals surface area contributed by atoms with Gasteiger partial charge in [0, 0.05) is 32.3 Å². The molecule has 11 heteroatoms. The van der Waals surface area contributed by atoms with Crippen LogP contribution in [-0.2, 0) is 6.42 Å². The molecule has 1 aromatic heterocycles. The van der Waals surface area contributed by atoms with E-state index in [1.54, 1.807) is 17.0 Å². The van der Waals surface area contributed by atoms with E-state index in [0.717, 1.165) is 25.3 Å². The minimum Gasteiger partial charge on any atom is -0.502 e. The van der Waals surface area contributed by atoms with Gasteiger partial charge < -0.3 is 10.0 Å². The van der Waals surface area contributed by atoms with Crippen LogP contribution in [0.4, 0.5) is 8.78 Å². The number of fused-ring (bicyclic) bond motifs is 2. The number of carbonyl (C=O) groups excluding carboxylic acids is 1. The molecule has 0 bridgehead atoms. The Kier molecular flexibility index (Phi) is 5.76. The number of pyridine rings is 1. The Morgan fingerprint density at radius 3 is 2.72 bits per heavy atom. The van der Waals surface area contributed by atoms with E-state index in [0.29, 0.717) is 24.4 Å². The fraction of sp³-hybridized carbons (Fsp3) is 0.333. The number of nitrogens with zero attached hydrogens (tertiary/aromatic N) is 3. The van der Waals surface area contributed by atoms with Crippen LogP contribution in [0.1, 0.15) is 40.9 Å². The molecule has 2 aliphatic heterocycles. The van der Waals surface area contributed by atoms with Crippen LogP contribution in [0.2, 0.25) is 0 Å². The van der Waals surface area contributed by atoms with Crippen molar-refractivity contribution in [1.82, 2.24) is 9.58 Å². The summed E-state index contributed by atoms with van der Waals surface area (Å²) in [5, 5.41) is 28.2. The highest BCUT2D eigenvalue weighted by Gasteiger charge is 2.40. The van der Waals surface area contributed by atoms with Gasteiger partial charge in [0.2, 0.25) is 5.43 Å². The summed E-state index contributed by atoms with van der Waals surface area (Å²) in [6, 6.07) is 3.02. The summed E-state index contributed by atoms with van der Waals surface area (Å²) in [5.74, 6) is -2.71. The molecular weight excluding hydrogens is 440 g/mol. The molecule has 4 rings (SSSR count). The maximum atomic E-state index is 13.9. The van der Waals surface area contributed by atoms with E-state index in [1.165, 1.54) is 16.9 Å². The summed E-state index contributed by atoms with van der Waals surface area (Å²) in [4.78, 5) is 27.3. The molecule has 1 fully saturated rings. The van der Waals surface area contributed by atoms with Crippen molar-refractivity contribution in [2.24, 2.45) is 0 Å². The number of hydrogen-bond donors (Lipinski definition) is 3. The largest absolute Gasteiger partial charge is 0.502 e. The molecule has 0 aliphatic carbocycles. The van der Waals surface area contributed by atoms with Crippen molar-refractivity contribution in [1.29, 1.82) is 10.8 Å². The molecule has 2 aliphatic rings. The first kappa shape index (κ1) is 22.0. The molecule has 2 aromatic rings. The van der Waals surface area contributed by atoms with Crippen LogP contribution < -0.4 is 10.4 Å². The van der Waals surface area contributed by atoms with E-state index in [9.17, 15) is 23.5 Å². The minimum absolute atomic E-state index is 0.0874. The zero-order valence-electron chi connectivity index (χ0n) is 17.2. The van der Waals surface area contributed by atoms with Gasteiger partial charge in [-0.15, -0.1) is 0 Å². The maximum Gasteiger partial charge on any atom is 0.278 e. The number of amides is 1. The van der Waals surface area contributed by atoms with Crippen molar-refractivity contribution >= 4 is 27.8 Å². The lowest BCUT2D eigenvalue weighted by molar-refractivity contribution is 0.0498. The van der Waals surface area contributed by atoms with Gasteiger partial charge in [-0.2, -0.15) is 0 Å². The molecule has 1 saturated heterocycles. The van der Waals surface area contributed by atoms with Gasteiger partial charge in [-0.05, 0) is 30.9 Å². The number of carbonyl (C=O) groups is 1. The second-order valence-electron chi connectivity index (χ2n) is 7.73. The predicted octanol–water partition coefficient (Wildman–Crippen LogP) is 2.64. The average Bonchev–Trinajstić information content (AvgIpc) is 2.75. The van der Waals surface area contributed by atoms with Crippen molar-refractivity contribution in [2.75, 3.05) is 18.6 Å². The fourth-order valence-corrected chi connectivity index (χ4v) is 4.80. The Bertz CT molecular complexity index is 1200. The number of thioether (sulfide) groups is 1. The van der Waals surface area contributed by atoms with Gasteiger partial charge in [0.05, 0.1) is 10.6 Å². The van der Waals surface area contributed by atoms with Crippen molar-refractivity contribution in [3.63, 3.8) is 0 Å². The van der Waals surface area contributed by atoms with Crippen LogP contribution in [0.3, 0.4) is 0 Å². The molecule has 168 valence electrons. The standard InChI is InChI=1S/C21H21F2N5O3S/c1-26-16-4-2-3-7-27(16)21(31)17-19(30)18(29)13(10-28(17)26)20(25)32-15(24)8-11-5-6-12(22)9-14(11)23/h5-6,9-10,16,24-25,30H,2-4,7-8H2,1H3. The molecule has 1 atom stereocenters. The summed E-state index contributed by atoms with van der Waals surface area (Å²) in [6.07, 6.45) is 3.44. The topological polar surface area (TPSA) is 113 Å². The van der Waals surface area contributed by atoms with Gasteiger partial charge in [0.25, 0.3) is 5.91 Å². The fourth-order valence-electron chi connectivity index (χ4n) is 4.07. The molecule has 1 amide bonds. The van der Waals surface area contributed by atoms with Crippen molar-refractivity contribution in [3.05, 3.63) is 63.1 Å².